The molecule has 5 nitrogen and oxygen atoms in total. The summed E-state index contributed by atoms with van der Waals surface area (Å²) < 4.78 is 14.1. The van der Waals surface area contributed by atoms with Gasteiger partial charge in [-0.05, 0) is 70.5 Å². The van der Waals surface area contributed by atoms with Gasteiger partial charge < -0.3 is 9.80 Å². The minimum absolute atomic E-state index is 0.0113. The number of amides is 2. The predicted octanol–water partition coefficient (Wildman–Crippen LogP) is 5.36. The van der Waals surface area contributed by atoms with Gasteiger partial charge in [0.15, 0.2) is 0 Å². The molecule has 0 saturated carbocycles. The molecule has 1 aromatic heterocycles. The Hall–Kier alpha value is -3.55. The molecular formula is C31H30FN3O2S. The Morgan fingerprint density at radius 2 is 1.66 bits per heavy atom. The van der Waals surface area contributed by atoms with E-state index in [4.69, 9.17) is 0 Å². The van der Waals surface area contributed by atoms with Crippen LogP contribution in [0.3, 0.4) is 0 Å². The molecule has 1 atom stereocenters. The van der Waals surface area contributed by atoms with Gasteiger partial charge in [-0.3, -0.25) is 14.5 Å². The molecular weight excluding hydrogens is 497 g/mol. The van der Waals surface area contributed by atoms with Crippen molar-refractivity contribution in [3.63, 3.8) is 0 Å². The lowest BCUT2D eigenvalue weighted by Gasteiger charge is -2.37. The van der Waals surface area contributed by atoms with Gasteiger partial charge >= 0.3 is 0 Å². The number of fused-ring (bicyclic) bond motifs is 2. The van der Waals surface area contributed by atoms with E-state index in [1.165, 1.54) is 16.5 Å². The van der Waals surface area contributed by atoms with Crippen molar-refractivity contribution in [2.75, 3.05) is 39.3 Å². The van der Waals surface area contributed by atoms with Crippen LogP contribution in [0.2, 0.25) is 0 Å². The van der Waals surface area contributed by atoms with Crippen molar-refractivity contribution < 1.29 is 14.0 Å². The van der Waals surface area contributed by atoms with Crippen molar-refractivity contribution >= 4 is 33.9 Å². The number of thiophene rings is 1. The molecule has 1 fully saturated rings. The van der Waals surface area contributed by atoms with Crippen LogP contribution in [0.5, 0.6) is 0 Å². The first-order valence-corrected chi connectivity index (χ1v) is 14.1. The van der Waals surface area contributed by atoms with Crippen LogP contribution < -0.4 is 0 Å². The summed E-state index contributed by atoms with van der Waals surface area (Å²) in [5, 5.41) is 4.24. The summed E-state index contributed by atoms with van der Waals surface area (Å²) in [6, 6.07) is 22.6. The van der Waals surface area contributed by atoms with Crippen molar-refractivity contribution in [3.05, 3.63) is 106 Å². The average molecular weight is 528 g/mol. The van der Waals surface area contributed by atoms with Crippen molar-refractivity contribution in [1.82, 2.24) is 14.7 Å². The van der Waals surface area contributed by atoms with Crippen molar-refractivity contribution in [1.29, 1.82) is 0 Å². The number of carbonyl (C=O) groups is 2. The third-order valence-corrected chi connectivity index (χ3v) is 8.70. The largest absolute Gasteiger partial charge is 0.340 e. The maximum absolute atomic E-state index is 14.1. The standard InChI is InChI=1S/C31H30FN3O2S/c32-26-8-3-7-24(20-26)30-27-12-18-38-28(27)11-15-35(30)21-29(36)33-13-4-14-34(17-16-33)31(37)25-10-9-22-5-1-2-6-23(22)19-25/h1-3,5-10,12,18-20,30H,4,11,13-17,21H2/t30-/m0/s1. The van der Waals surface area contributed by atoms with Gasteiger partial charge in [-0.1, -0.05) is 42.5 Å². The van der Waals surface area contributed by atoms with Gasteiger partial charge in [0, 0.05) is 43.2 Å². The minimum Gasteiger partial charge on any atom is -0.340 e. The summed E-state index contributed by atoms with van der Waals surface area (Å²) in [6.45, 7) is 3.31. The fourth-order valence-corrected chi connectivity index (χ4v) is 6.66. The van der Waals surface area contributed by atoms with Crippen molar-refractivity contribution in [3.8, 4) is 0 Å². The van der Waals surface area contributed by atoms with Gasteiger partial charge in [-0.2, -0.15) is 0 Å². The number of nitrogens with zero attached hydrogens (tertiary/aromatic N) is 3. The van der Waals surface area contributed by atoms with Crippen LogP contribution in [0.25, 0.3) is 10.8 Å². The summed E-state index contributed by atoms with van der Waals surface area (Å²) >= 11 is 1.73. The summed E-state index contributed by atoms with van der Waals surface area (Å²) in [7, 11) is 0. The van der Waals surface area contributed by atoms with E-state index in [-0.39, 0.29) is 30.2 Å². The van der Waals surface area contributed by atoms with E-state index in [2.05, 4.69) is 16.3 Å². The molecule has 3 heterocycles. The first kappa shape index (κ1) is 24.8. The fourth-order valence-electron chi connectivity index (χ4n) is 5.75. The van der Waals surface area contributed by atoms with Crippen molar-refractivity contribution in [2.45, 2.75) is 18.9 Å². The lowest BCUT2D eigenvalue weighted by Crippen LogP contribution is -2.45. The molecule has 3 aromatic carbocycles. The molecule has 2 amide bonds. The summed E-state index contributed by atoms with van der Waals surface area (Å²) in [4.78, 5) is 34.0. The lowest BCUT2D eigenvalue weighted by molar-refractivity contribution is -0.132. The molecule has 2 aliphatic heterocycles. The Balaban J connectivity index is 1.14. The molecule has 1 saturated heterocycles. The average Bonchev–Trinajstić information content (AvgIpc) is 3.27. The Labute approximate surface area is 226 Å². The van der Waals surface area contributed by atoms with Gasteiger partial charge in [-0.15, -0.1) is 11.3 Å². The number of rotatable bonds is 4. The second-order valence-electron chi connectivity index (χ2n) is 10.1. The van der Waals surface area contributed by atoms with Crippen LogP contribution in [0.15, 0.2) is 78.2 Å². The molecule has 0 spiro atoms. The first-order chi connectivity index (χ1) is 18.6. The third kappa shape index (κ3) is 4.96. The number of halogens is 1. The molecule has 7 heteroatoms. The molecule has 0 aliphatic carbocycles. The Morgan fingerprint density at radius 1 is 0.842 bits per heavy atom. The topological polar surface area (TPSA) is 43.9 Å². The number of hydrogen-bond acceptors (Lipinski definition) is 4. The zero-order valence-electron chi connectivity index (χ0n) is 21.2. The van der Waals surface area contributed by atoms with Gasteiger partial charge in [-0.25, -0.2) is 4.39 Å². The summed E-state index contributed by atoms with van der Waals surface area (Å²) in [6.07, 6.45) is 1.63. The van der Waals surface area contributed by atoms with E-state index in [0.29, 0.717) is 31.7 Å². The number of carbonyl (C=O) groups excluding carboxylic acids is 2. The Bertz CT molecular complexity index is 1480. The highest BCUT2D eigenvalue weighted by atomic mass is 32.1. The zero-order chi connectivity index (χ0) is 26.1. The summed E-state index contributed by atoms with van der Waals surface area (Å²) in [5.41, 5.74) is 2.73. The second-order valence-corrected chi connectivity index (χ2v) is 11.1. The van der Waals surface area contributed by atoms with E-state index >= 15 is 0 Å². The highest BCUT2D eigenvalue weighted by Gasteiger charge is 2.32. The SMILES string of the molecule is O=C(CN1CCc2sccc2[C@@H]1c1cccc(F)c1)N1CCCN(C(=O)c2ccc3ccccc3c2)CC1. The van der Waals surface area contributed by atoms with Crippen LogP contribution in [0, 0.1) is 5.82 Å². The van der Waals surface area contributed by atoms with E-state index in [1.54, 1.807) is 23.5 Å². The van der Waals surface area contributed by atoms with Crippen LogP contribution in [0.1, 0.15) is 38.8 Å². The zero-order valence-corrected chi connectivity index (χ0v) is 22.0. The van der Waals surface area contributed by atoms with Gasteiger partial charge in [0.25, 0.3) is 5.91 Å². The number of hydrogen-bond donors (Lipinski definition) is 0. The van der Waals surface area contributed by atoms with E-state index in [1.807, 2.05) is 58.3 Å². The van der Waals surface area contributed by atoms with Gasteiger partial charge in [0.1, 0.15) is 5.82 Å². The molecule has 0 N–H and O–H groups in total. The van der Waals surface area contributed by atoms with Gasteiger partial charge in [0.2, 0.25) is 5.91 Å². The van der Waals surface area contributed by atoms with Crippen LogP contribution in [-0.2, 0) is 11.2 Å². The van der Waals surface area contributed by atoms with Gasteiger partial charge in [0.05, 0.1) is 12.6 Å². The Kier molecular flexibility index (Phi) is 6.96. The van der Waals surface area contributed by atoms with Crippen LogP contribution in [-0.4, -0.2) is 65.8 Å². The van der Waals surface area contributed by atoms with Crippen LogP contribution in [0.4, 0.5) is 4.39 Å². The first-order valence-electron chi connectivity index (χ1n) is 13.2. The Morgan fingerprint density at radius 3 is 2.53 bits per heavy atom. The highest BCUT2D eigenvalue weighted by molar-refractivity contribution is 7.10. The monoisotopic (exact) mass is 527 g/mol. The third-order valence-electron chi connectivity index (χ3n) is 7.70. The predicted molar refractivity (Wildman–Crippen MR) is 149 cm³/mol. The second kappa shape index (κ2) is 10.7. The number of benzene rings is 3. The molecule has 4 aromatic rings. The maximum atomic E-state index is 14.1. The maximum Gasteiger partial charge on any atom is 0.253 e. The van der Waals surface area contributed by atoms with Crippen molar-refractivity contribution in [2.24, 2.45) is 0 Å². The fraction of sp³-hybridized carbons (Fsp3) is 0.290. The van der Waals surface area contributed by atoms with E-state index in [9.17, 15) is 14.0 Å². The summed E-state index contributed by atoms with van der Waals surface area (Å²) in [5.74, 6) is -0.192. The molecule has 194 valence electrons. The molecule has 6 rings (SSSR count). The quantitative estimate of drug-likeness (QED) is 0.359. The molecule has 0 unspecified atom stereocenters. The smallest absolute Gasteiger partial charge is 0.253 e. The van der Waals surface area contributed by atoms with Crippen LogP contribution >= 0.6 is 11.3 Å². The minimum atomic E-state index is -0.264. The highest BCUT2D eigenvalue weighted by Crippen LogP contribution is 2.37. The molecule has 0 radical (unpaired) electrons. The molecule has 2 aliphatic rings. The molecule has 38 heavy (non-hydrogen) atoms. The van der Waals surface area contributed by atoms with E-state index in [0.717, 1.165) is 35.7 Å². The molecule has 0 bridgehead atoms. The normalized spacial score (nSPS) is 18.3. The lowest BCUT2D eigenvalue weighted by atomic mass is 9.93. The van der Waals surface area contributed by atoms with E-state index < -0.39 is 0 Å².